The minimum atomic E-state index is -1.03. The van der Waals surface area contributed by atoms with E-state index in [9.17, 15) is 29.3 Å². The summed E-state index contributed by atoms with van der Waals surface area (Å²) in [5.41, 5.74) is -0.140. The molecule has 0 unspecified atom stereocenters. The Labute approximate surface area is 189 Å². The molecule has 2 amide bonds. The van der Waals surface area contributed by atoms with Crippen LogP contribution in [0.3, 0.4) is 0 Å². The number of carbonyl (C=O) groups is 4. The van der Waals surface area contributed by atoms with E-state index >= 15 is 0 Å². The predicted molar refractivity (Wildman–Crippen MR) is 117 cm³/mol. The molecule has 11 nitrogen and oxygen atoms in total. The molecule has 2 rings (SSSR count). The number of esters is 2. The fourth-order valence-corrected chi connectivity index (χ4v) is 2.87. The van der Waals surface area contributed by atoms with Gasteiger partial charge < -0.3 is 19.7 Å². The molecule has 0 saturated carbocycles. The molecule has 33 heavy (non-hydrogen) atoms. The summed E-state index contributed by atoms with van der Waals surface area (Å²) >= 11 is 0. The van der Waals surface area contributed by atoms with Crippen LogP contribution in [0.15, 0.2) is 42.5 Å². The lowest BCUT2D eigenvalue weighted by atomic mass is 10.1. The third kappa shape index (κ3) is 6.60. The number of nitro benzene ring substituents is 1. The van der Waals surface area contributed by atoms with Gasteiger partial charge in [-0.15, -0.1) is 0 Å². The summed E-state index contributed by atoms with van der Waals surface area (Å²) in [6, 6.07) is 9.19. The van der Waals surface area contributed by atoms with E-state index in [1.54, 1.807) is 29.2 Å². The zero-order chi connectivity index (χ0) is 24.5. The molecule has 2 aromatic rings. The number of anilines is 1. The van der Waals surface area contributed by atoms with E-state index in [0.717, 1.165) is 25.3 Å². The molecule has 0 radical (unpaired) electrons. The Balaban J connectivity index is 2.01. The van der Waals surface area contributed by atoms with E-state index in [4.69, 9.17) is 4.74 Å². The van der Waals surface area contributed by atoms with Crippen molar-refractivity contribution in [2.45, 2.75) is 13.8 Å². The largest absolute Gasteiger partial charge is 0.465 e. The van der Waals surface area contributed by atoms with Gasteiger partial charge in [0.05, 0.1) is 23.2 Å². The van der Waals surface area contributed by atoms with Crippen LogP contribution in [0, 0.1) is 10.1 Å². The molecule has 0 heterocycles. The van der Waals surface area contributed by atoms with Crippen molar-refractivity contribution in [2.24, 2.45) is 0 Å². The highest BCUT2D eigenvalue weighted by atomic mass is 16.6. The standard InChI is InChI=1S/C22H23N3O8/c1-4-24(5-2)20(27)14-6-8-17(9-7-14)23-19(26)13-33-22(29)16-10-15(21(28)32-3)11-18(12-16)25(30)31/h6-12H,4-5,13H2,1-3H3,(H,23,26). The summed E-state index contributed by atoms with van der Waals surface area (Å²) in [5, 5.41) is 13.6. The summed E-state index contributed by atoms with van der Waals surface area (Å²) < 4.78 is 9.42. The van der Waals surface area contributed by atoms with Crippen molar-refractivity contribution in [3.8, 4) is 0 Å². The Morgan fingerprint density at radius 3 is 2.03 bits per heavy atom. The van der Waals surface area contributed by atoms with Crippen molar-refractivity contribution in [1.82, 2.24) is 4.90 Å². The predicted octanol–water partition coefficient (Wildman–Crippen LogP) is 2.66. The van der Waals surface area contributed by atoms with Crippen molar-refractivity contribution in [3.05, 3.63) is 69.3 Å². The third-order valence-electron chi connectivity index (χ3n) is 4.59. The van der Waals surface area contributed by atoms with Crippen LogP contribution in [-0.4, -0.2) is 60.4 Å². The molecule has 11 heteroatoms. The summed E-state index contributed by atoms with van der Waals surface area (Å²) in [5.74, 6) is -2.69. The minimum Gasteiger partial charge on any atom is -0.465 e. The lowest BCUT2D eigenvalue weighted by molar-refractivity contribution is -0.384. The highest BCUT2D eigenvalue weighted by Gasteiger charge is 2.20. The van der Waals surface area contributed by atoms with Gasteiger partial charge in [0, 0.05) is 36.5 Å². The second-order valence-corrected chi connectivity index (χ2v) is 6.70. The zero-order valence-electron chi connectivity index (χ0n) is 18.3. The molecule has 0 aliphatic rings. The van der Waals surface area contributed by atoms with Gasteiger partial charge in [-0.3, -0.25) is 19.7 Å². The van der Waals surface area contributed by atoms with Crippen LogP contribution < -0.4 is 5.32 Å². The van der Waals surface area contributed by atoms with Gasteiger partial charge in [0.15, 0.2) is 6.61 Å². The van der Waals surface area contributed by atoms with Crippen LogP contribution in [0.4, 0.5) is 11.4 Å². The first-order valence-electron chi connectivity index (χ1n) is 9.94. The van der Waals surface area contributed by atoms with Crippen molar-refractivity contribution in [2.75, 3.05) is 32.1 Å². The highest BCUT2D eigenvalue weighted by Crippen LogP contribution is 2.19. The molecule has 0 atom stereocenters. The Bertz CT molecular complexity index is 1060. The third-order valence-corrected chi connectivity index (χ3v) is 4.59. The van der Waals surface area contributed by atoms with E-state index in [0.29, 0.717) is 24.3 Å². The van der Waals surface area contributed by atoms with Gasteiger partial charge in [-0.05, 0) is 44.2 Å². The van der Waals surface area contributed by atoms with Gasteiger partial charge in [0.2, 0.25) is 0 Å². The van der Waals surface area contributed by atoms with Gasteiger partial charge in [0.25, 0.3) is 17.5 Å². The maximum atomic E-state index is 12.3. The maximum absolute atomic E-state index is 12.3. The van der Waals surface area contributed by atoms with Gasteiger partial charge >= 0.3 is 11.9 Å². The molecule has 0 aromatic heterocycles. The van der Waals surface area contributed by atoms with Gasteiger partial charge in [-0.2, -0.15) is 0 Å². The molecule has 0 bridgehead atoms. The lowest BCUT2D eigenvalue weighted by Gasteiger charge is -2.18. The number of hydrogen-bond acceptors (Lipinski definition) is 8. The molecule has 0 aliphatic carbocycles. The first-order chi connectivity index (χ1) is 15.7. The van der Waals surface area contributed by atoms with Crippen LogP contribution in [0.1, 0.15) is 44.9 Å². The lowest BCUT2D eigenvalue weighted by Crippen LogP contribution is -2.30. The monoisotopic (exact) mass is 457 g/mol. The van der Waals surface area contributed by atoms with Crippen LogP contribution in [0.2, 0.25) is 0 Å². The number of nitrogens with zero attached hydrogens (tertiary/aromatic N) is 2. The molecular weight excluding hydrogens is 434 g/mol. The average Bonchev–Trinajstić information content (AvgIpc) is 2.82. The number of non-ortho nitro benzene ring substituents is 1. The second kappa shape index (κ2) is 11.4. The Morgan fingerprint density at radius 2 is 1.52 bits per heavy atom. The summed E-state index contributed by atoms with van der Waals surface area (Å²) in [4.78, 5) is 60.3. The summed E-state index contributed by atoms with van der Waals surface area (Å²) in [6.45, 7) is 4.23. The number of rotatable bonds is 9. The minimum absolute atomic E-state index is 0.130. The molecule has 0 spiro atoms. The number of nitrogens with one attached hydrogen (secondary N) is 1. The molecule has 0 saturated heterocycles. The topological polar surface area (TPSA) is 145 Å². The molecule has 174 valence electrons. The van der Waals surface area contributed by atoms with Crippen molar-refractivity contribution >= 4 is 35.1 Å². The summed E-state index contributed by atoms with van der Waals surface area (Å²) in [7, 11) is 1.09. The van der Waals surface area contributed by atoms with Crippen LogP contribution in [-0.2, 0) is 14.3 Å². The molecular formula is C22H23N3O8. The smallest absolute Gasteiger partial charge is 0.338 e. The Hall–Kier alpha value is -4.28. The molecule has 0 fully saturated rings. The van der Waals surface area contributed by atoms with E-state index in [1.807, 2.05) is 13.8 Å². The molecule has 0 aliphatic heterocycles. The first kappa shape index (κ1) is 25.0. The molecule has 2 aromatic carbocycles. The quantitative estimate of drug-likeness (QED) is 0.344. The SMILES string of the molecule is CCN(CC)C(=O)c1ccc(NC(=O)COC(=O)c2cc(C(=O)OC)cc([N+](=O)[O-])c2)cc1. The number of methoxy groups -OCH3 is 1. The van der Waals surface area contributed by atoms with Gasteiger partial charge in [-0.1, -0.05) is 0 Å². The number of amides is 2. The van der Waals surface area contributed by atoms with Crippen molar-refractivity contribution in [1.29, 1.82) is 0 Å². The van der Waals surface area contributed by atoms with E-state index in [1.165, 1.54) is 0 Å². The zero-order valence-corrected chi connectivity index (χ0v) is 18.3. The van der Waals surface area contributed by atoms with Gasteiger partial charge in [-0.25, -0.2) is 9.59 Å². The van der Waals surface area contributed by atoms with Gasteiger partial charge in [0.1, 0.15) is 0 Å². The van der Waals surface area contributed by atoms with Crippen molar-refractivity contribution in [3.63, 3.8) is 0 Å². The first-order valence-corrected chi connectivity index (χ1v) is 9.94. The van der Waals surface area contributed by atoms with E-state index in [-0.39, 0.29) is 17.0 Å². The second-order valence-electron chi connectivity index (χ2n) is 6.70. The number of nitro groups is 1. The number of benzene rings is 2. The van der Waals surface area contributed by atoms with Crippen LogP contribution in [0.5, 0.6) is 0 Å². The number of ether oxygens (including phenoxy) is 2. The number of hydrogen-bond donors (Lipinski definition) is 1. The van der Waals surface area contributed by atoms with Crippen LogP contribution in [0.25, 0.3) is 0 Å². The normalized spacial score (nSPS) is 10.2. The fraction of sp³-hybridized carbons (Fsp3) is 0.273. The Kier molecular flexibility index (Phi) is 8.61. The molecule has 1 N–H and O–H groups in total. The fourth-order valence-electron chi connectivity index (χ4n) is 2.87. The van der Waals surface area contributed by atoms with E-state index < -0.39 is 35.1 Å². The van der Waals surface area contributed by atoms with Crippen LogP contribution >= 0.6 is 0 Å². The average molecular weight is 457 g/mol. The number of carbonyl (C=O) groups excluding carboxylic acids is 4. The Morgan fingerprint density at radius 1 is 0.939 bits per heavy atom. The highest BCUT2D eigenvalue weighted by molar-refractivity contribution is 5.99. The van der Waals surface area contributed by atoms with Crippen molar-refractivity contribution < 1.29 is 33.6 Å². The summed E-state index contributed by atoms with van der Waals surface area (Å²) in [6.07, 6.45) is 0. The maximum Gasteiger partial charge on any atom is 0.338 e. The van der Waals surface area contributed by atoms with E-state index in [2.05, 4.69) is 10.1 Å².